The van der Waals surface area contributed by atoms with Gasteiger partial charge in [-0.25, -0.2) is 0 Å². The van der Waals surface area contributed by atoms with Gasteiger partial charge in [0.2, 0.25) is 5.91 Å². The third-order valence-electron chi connectivity index (χ3n) is 4.38. The quantitative estimate of drug-likeness (QED) is 0.706. The average Bonchev–Trinajstić information content (AvgIpc) is 2.12. The first kappa shape index (κ1) is 11.3. The number of ether oxygens (including phenoxy) is 1. The monoisotopic (exact) mass is 249 g/mol. The van der Waals surface area contributed by atoms with Gasteiger partial charge in [0.15, 0.2) is 0 Å². The first-order valence-corrected chi connectivity index (χ1v) is 5.83. The van der Waals surface area contributed by atoms with Crippen molar-refractivity contribution >= 4 is 5.91 Å². The Kier molecular flexibility index (Phi) is 2.10. The number of rotatable bonds is 1. The molecule has 0 aromatic heterocycles. The summed E-state index contributed by atoms with van der Waals surface area (Å²) in [6.45, 7) is 2.01. The lowest BCUT2D eigenvalue weighted by Crippen LogP contribution is -2.73. The number of carbonyl (C=O) groups is 1. The third-order valence-corrected chi connectivity index (χ3v) is 4.38. The Morgan fingerprint density at radius 2 is 1.65 bits per heavy atom. The Morgan fingerprint density at radius 1 is 1.12 bits per heavy atom. The van der Waals surface area contributed by atoms with Crippen molar-refractivity contribution in [3.63, 3.8) is 0 Å². The molecule has 3 saturated carbocycles. The summed E-state index contributed by atoms with van der Waals surface area (Å²) in [7, 11) is 0. The summed E-state index contributed by atoms with van der Waals surface area (Å²) in [5.41, 5.74) is -2.22. The maximum atomic E-state index is 12.7. The van der Waals surface area contributed by atoms with Crippen LogP contribution in [0.1, 0.15) is 19.3 Å². The van der Waals surface area contributed by atoms with E-state index in [9.17, 15) is 18.0 Å². The highest BCUT2D eigenvalue weighted by Gasteiger charge is 2.81. The van der Waals surface area contributed by atoms with Crippen LogP contribution in [0.5, 0.6) is 0 Å². The van der Waals surface area contributed by atoms with Crippen LogP contribution in [0, 0.1) is 10.8 Å². The number of halogens is 3. The molecule has 2 bridgehead atoms. The molecule has 17 heavy (non-hydrogen) atoms. The minimum atomic E-state index is -4.14. The van der Waals surface area contributed by atoms with Crippen molar-refractivity contribution in [2.45, 2.75) is 25.4 Å². The van der Waals surface area contributed by atoms with Crippen LogP contribution in [-0.2, 0) is 9.53 Å². The van der Waals surface area contributed by atoms with Gasteiger partial charge >= 0.3 is 6.18 Å². The van der Waals surface area contributed by atoms with Gasteiger partial charge in [-0.1, -0.05) is 0 Å². The smallest absolute Gasteiger partial charge is 0.378 e. The fraction of sp³-hybridized carbons (Fsp3) is 0.909. The summed E-state index contributed by atoms with van der Waals surface area (Å²) in [5, 5.41) is 0. The standard InChI is InChI=1S/C11H14F3NO2/c12-11(13,14)10-5-9(6-10,7-10)8(16)15-1-3-17-4-2-15/h1-7H2. The summed E-state index contributed by atoms with van der Waals surface area (Å²) in [6.07, 6.45) is -4.14. The van der Waals surface area contributed by atoms with Crippen LogP contribution in [-0.4, -0.2) is 43.3 Å². The van der Waals surface area contributed by atoms with Crippen molar-refractivity contribution in [1.82, 2.24) is 4.90 Å². The van der Waals surface area contributed by atoms with Crippen molar-refractivity contribution in [2.24, 2.45) is 10.8 Å². The van der Waals surface area contributed by atoms with E-state index in [2.05, 4.69) is 0 Å². The summed E-state index contributed by atoms with van der Waals surface area (Å²) in [4.78, 5) is 13.8. The molecule has 6 heteroatoms. The van der Waals surface area contributed by atoms with Crippen molar-refractivity contribution < 1.29 is 22.7 Å². The zero-order chi connectivity index (χ0) is 12.3. The van der Waals surface area contributed by atoms with E-state index in [-0.39, 0.29) is 25.2 Å². The van der Waals surface area contributed by atoms with Gasteiger partial charge in [-0.2, -0.15) is 13.2 Å². The Morgan fingerprint density at radius 3 is 2.12 bits per heavy atom. The van der Waals surface area contributed by atoms with E-state index in [1.165, 1.54) is 0 Å². The minimum Gasteiger partial charge on any atom is -0.378 e. The molecule has 1 saturated heterocycles. The molecule has 1 amide bonds. The normalized spacial score (nSPS) is 40.5. The van der Waals surface area contributed by atoms with Crippen LogP contribution in [0.2, 0.25) is 0 Å². The predicted molar refractivity (Wildman–Crippen MR) is 52.2 cm³/mol. The molecule has 3 nitrogen and oxygen atoms in total. The van der Waals surface area contributed by atoms with Crippen LogP contribution in [0.15, 0.2) is 0 Å². The minimum absolute atomic E-state index is 0.000307. The Balaban J connectivity index is 1.64. The SMILES string of the molecule is O=C(N1CCOCC1)C12CC(C(F)(F)F)(C1)C2. The third kappa shape index (κ3) is 1.36. The lowest BCUT2D eigenvalue weighted by Gasteiger charge is -2.69. The molecule has 0 unspecified atom stereocenters. The number of nitrogens with zero attached hydrogens (tertiary/aromatic N) is 1. The zero-order valence-corrected chi connectivity index (χ0v) is 9.35. The molecule has 4 fully saturated rings. The van der Waals surface area contributed by atoms with Crippen LogP contribution < -0.4 is 0 Å². The van der Waals surface area contributed by atoms with Crippen molar-refractivity contribution in [3.05, 3.63) is 0 Å². The van der Waals surface area contributed by atoms with E-state index in [0.717, 1.165) is 0 Å². The maximum absolute atomic E-state index is 12.7. The Labute approximate surface area is 96.9 Å². The molecule has 0 N–H and O–H groups in total. The van der Waals surface area contributed by atoms with Gasteiger partial charge in [0.1, 0.15) is 0 Å². The number of carbonyl (C=O) groups excluding carboxylic acids is 1. The van der Waals surface area contributed by atoms with E-state index in [1.807, 2.05) is 0 Å². The molecule has 4 rings (SSSR count). The Hall–Kier alpha value is -0.780. The number of amides is 1. The van der Waals surface area contributed by atoms with E-state index < -0.39 is 17.0 Å². The molecular weight excluding hydrogens is 235 g/mol. The zero-order valence-electron chi connectivity index (χ0n) is 9.35. The molecule has 0 aromatic rings. The summed E-state index contributed by atoms with van der Waals surface area (Å²) < 4.78 is 43.1. The summed E-state index contributed by atoms with van der Waals surface area (Å²) >= 11 is 0. The highest BCUT2D eigenvalue weighted by molar-refractivity contribution is 5.86. The number of hydrogen-bond donors (Lipinski definition) is 0. The van der Waals surface area contributed by atoms with Crippen molar-refractivity contribution in [3.8, 4) is 0 Å². The lowest BCUT2D eigenvalue weighted by molar-refractivity contribution is -0.353. The Bertz CT molecular complexity index is 340. The molecular formula is C11H14F3NO2. The van der Waals surface area contributed by atoms with E-state index in [1.54, 1.807) is 4.90 Å². The van der Waals surface area contributed by atoms with Crippen LogP contribution in [0.4, 0.5) is 13.2 Å². The fourth-order valence-corrected chi connectivity index (χ4v) is 3.42. The number of morpholine rings is 1. The molecule has 0 spiro atoms. The predicted octanol–water partition coefficient (Wildman–Crippen LogP) is 1.58. The van der Waals surface area contributed by atoms with Gasteiger partial charge in [0.05, 0.1) is 24.0 Å². The van der Waals surface area contributed by atoms with Crippen LogP contribution >= 0.6 is 0 Å². The maximum Gasteiger partial charge on any atom is 0.394 e. The summed E-state index contributed by atoms with van der Waals surface area (Å²) in [5.74, 6) is -0.0908. The molecule has 96 valence electrons. The highest BCUT2D eigenvalue weighted by atomic mass is 19.4. The van der Waals surface area contributed by atoms with E-state index in [0.29, 0.717) is 26.3 Å². The summed E-state index contributed by atoms with van der Waals surface area (Å²) in [6, 6.07) is 0. The van der Waals surface area contributed by atoms with Gasteiger partial charge in [0.25, 0.3) is 0 Å². The topological polar surface area (TPSA) is 29.5 Å². The van der Waals surface area contributed by atoms with Gasteiger partial charge in [-0.3, -0.25) is 4.79 Å². The molecule has 3 aliphatic carbocycles. The van der Waals surface area contributed by atoms with Crippen molar-refractivity contribution in [1.29, 1.82) is 0 Å². The van der Waals surface area contributed by atoms with Gasteiger partial charge in [-0.15, -0.1) is 0 Å². The second-order valence-electron chi connectivity index (χ2n) is 5.49. The van der Waals surface area contributed by atoms with Crippen LogP contribution in [0.25, 0.3) is 0 Å². The van der Waals surface area contributed by atoms with Gasteiger partial charge in [0, 0.05) is 13.1 Å². The molecule has 0 aromatic carbocycles. The molecule has 0 radical (unpaired) electrons. The first-order chi connectivity index (χ1) is 7.89. The molecule has 0 atom stereocenters. The number of alkyl halides is 3. The highest BCUT2D eigenvalue weighted by Crippen LogP contribution is 2.78. The van der Waals surface area contributed by atoms with E-state index in [4.69, 9.17) is 4.74 Å². The second kappa shape index (κ2) is 3.16. The number of hydrogen-bond acceptors (Lipinski definition) is 2. The van der Waals surface area contributed by atoms with Crippen molar-refractivity contribution in [2.75, 3.05) is 26.3 Å². The van der Waals surface area contributed by atoms with Crippen LogP contribution in [0.3, 0.4) is 0 Å². The largest absolute Gasteiger partial charge is 0.394 e. The lowest BCUT2D eigenvalue weighted by atomic mass is 9.34. The first-order valence-electron chi connectivity index (χ1n) is 5.83. The molecule has 1 heterocycles. The molecule has 4 aliphatic rings. The molecule has 1 aliphatic heterocycles. The average molecular weight is 249 g/mol. The van der Waals surface area contributed by atoms with E-state index >= 15 is 0 Å². The van der Waals surface area contributed by atoms with Gasteiger partial charge < -0.3 is 9.64 Å². The van der Waals surface area contributed by atoms with Gasteiger partial charge in [-0.05, 0) is 19.3 Å². The second-order valence-corrected chi connectivity index (χ2v) is 5.49. The fourth-order valence-electron chi connectivity index (χ4n) is 3.42.